The lowest BCUT2D eigenvalue weighted by molar-refractivity contribution is 0.0694. The molecular formula is C67H69ClN12O9. The van der Waals surface area contributed by atoms with Gasteiger partial charge in [-0.3, -0.25) is 33.6 Å². The van der Waals surface area contributed by atoms with Crippen molar-refractivity contribution in [3.05, 3.63) is 187 Å². The number of carboxylic acid groups (broad SMARTS) is 1. The highest BCUT2D eigenvalue weighted by atomic mass is 35.5. The fraction of sp³-hybridized carbons (Fsp3) is 0.343. The number of carbonyl (C=O) groups is 8. The largest absolute Gasteiger partial charge is 0.478 e. The standard InChI is InChI=1S/C34H35ClN6O5.C33H34N6O4/c1-19-23-14-15-27(25(23)13-12-24(19)34(45)46)40-33(44)29-16-28(32(43)36-17-20-6-4-2-3-5-7-20)39-30-26(18-37-41(29)30)31(42)38-22-10-8-21(35)9-11-22;1-19-23(20(2)40)12-13-25-24(19)14-15-27(25)38-33(43)29-16-28(32(42)34-17-21-8-6-7-9-21)37-30-26(18-35-39(29)30)31(41)36-22-10-4-3-5-11-22/h8-13,16,18,20,27H,2-7,14-15,17H2,1H3,(H,36,43)(H,38,42)(H,40,44)(H,45,46);3-5,10-13,16,18,21,27H,6-9,14-15,17H2,1-2H3,(H,34,42)(H,36,41)(H,38,43)/t2*27-/m00/s1. The predicted molar refractivity (Wildman–Crippen MR) is 334 cm³/mol. The Bertz CT molecular complexity index is 4090. The molecule has 4 aliphatic carbocycles. The second-order valence-corrected chi connectivity index (χ2v) is 23.9. The number of rotatable bonds is 16. The Morgan fingerprint density at radius 2 is 0.955 bits per heavy atom. The van der Waals surface area contributed by atoms with Crippen LogP contribution in [0.25, 0.3) is 11.3 Å². The van der Waals surface area contributed by atoms with Crippen LogP contribution in [0.5, 0.6) is 0 Å². The number of anilines is 2. The van der Waals surface area contributed by atoms with E-state index in [0.29, 0.717) is 71.7 Å². The van der Waals surface area contributed by atoms with Crippen LogP contribution in [0.4, 0.5) is 11.4 Å². The second kappa shape index (κ2) is 26.8. The number of Topliss-reactive ketones (excluding diaryl/α,β-unsaturated/α-hetero) is 1. The number of amides is 6. The molecule has 22 heteroatoms. The van der Waals surface area contributed by atoms with Gasteiger partial charge < -0.3 is 37.0 Å². The summed E-state index contributed by atoms with van der Waals surface area (Å²) in [6.07, 6.45) is 16.5. The number of aromatic carboxylic acids is 1. The van der Waals surface area contributed by atoms with Gasteiger partial charge in [-0.1, -0.05) is 86.5 Å². The first-order valence-corrected chi connectivity index (χ1v) is 30.7. The van der Waals surface area contributed by atoms with Crippen LogP contribution in [0.1, 0.15) is 213 Å². The van der Waals surface area contributed by atoms with Crippen LogP contribution < -0.4 is 31.9 Å². The normalized spacial score (nSPS) is 16.3. The monoisotopic (exact) mass is 1220 g/mol. The van der Waals surface area contributed by atoms with Crippen LogP contribution in [0.3, 0.4) is 0 Å². The Morgan fingerprint density at radius 3 is 1.42 bits per heavy atom. The number of aromatic nitrogens is 6. The molecular weight excluding hydrogens is 1150 g/mol. The molecule has 89 heavy (non-hydrogen) atoms. The summed E-state index contributed by atoms with van der Waals surface area (Å²) >= 11 is 5.98. The van der Waals surface area contributed by atoms with Crippen molar-refractivity contribution in [3.8, 4) is 0 Å². The van der Waals surface area contributed by atoms with E-state index in [9.17, 15) is 43.5 Å². The first-order chi connectivity index (χ1) is 43.0. The third kappa shape index (κ3) is 13.4. The molecule has 4 heterocycles. The molecule has 0 radical (unpaired) electrons. The number of hydrogen-bond acceptors (Lipinski definition) is 12. The number of hydrogen-bond donors (Lipinski definition) is 7. The van der Waals surface area contributed by atoms with Gasteiger partial charge in [-0.2, -0.15) is 10.2 Å². The van der Waals surface area contributed by atoms with E-state index in [-0.39, 0.29) is 68.6 Å². The van der Waals surface area contributed by atoms with Gasteiger partial charge in [0.2, 0.25) is 0 Å². The zero-order valence-corrected chi connectivity index (χ0v) is 50.5. The molecule has 0 spiro atoms. The summed E-state index contributed by atoms with van der Waals surface area (Å²) in [7, 11) is 0. The van der Waals surface area contributed by atoms with E-state index >= 15 is 0 Å². The van der Waals surface area contributed by atoms with Gasteiger partial charge in [-0.15, -0.1) is 0 Å². The molecule has 0 saturated heterocycles. The minimum absolute atomic E-state index is 0.00100. The van der Waals surface area contributed by atoms with Crippen LogP contribution in [-0.2, 0) is 12.8 Å². The highest BCUT2D eigenvalue weighted by Gasteiger charge is 2.32. The number of halogens is 1. The zero-order chi connectivity index (χ0) is 62.5. The molecule has 2 saturated carbocycles. The highest BCUT2D eigenvalue weighted by molar-refractivity contribution is 6.30. The second-order valence-electron chi connectivity index (χ2n) is 23.5. The molecule has 6 amide bonds. The zero-order valence-electron chi connectivity index (χ0n) is 49.7. The fourth-order valence-corrected chi connectivity index (χ4v) is 13.0. The van der Waals surface area contributed by atoms with Gasteiger partial charge in [0, 0.05) is 47.2 Å². The van der Waals surface area contributed by atoms with Crippen molar-refractivity contribution in [2.24, 2.45) is 11.8 Å². The predicted octanol–water partition coefficient (Wildman–Crippen LogP) is 10.6. The molecule has 12 rings (SSSR count). The molecule has 4 aromatic carbocycles. The molecule has 4 aromatic heterocycles. The average molecular weight is 1220 g/mol. The van der Waals surface area contributed by atoms with Crippen molar-refractivity contribution in [2.75, 3.05) is 23.7 Å². The van der Waals surface area contributed by atoms with Crippen LogP contribution in [0.15, 0.2) is 103 Å². The molecule has 2 atom stereocenters. The maximum atomic E-state index is 13.9. The summed E-state index contributed by atoms with van der Waals surface area (Å²) < 4.78 is 2.58. The summed E-state index contributed by atoms with van der Waals surface area (Å²) in [6, 6.07) is 24.8. The lowest BCUT2D eigenvalue weighted by Gasteiger charge is -2.17. The molecule has 21 nitrogen and oxygen atoms in total. The summed E-state index contributed by atoms with van der Waals surface area (Å²) in [5.74, 6) is -2.94. The molecule has 458 valence electrons. The first-order valence-electron chi connectivity index (χ1n) is 30.4. The number of ketones is 1. The van der Waals surface area contributed by atoms with Gasteiger partial charge in [0.05, 0.1) is 30.0 Å². The third-order valence-corrected chi connectivity index (χ3v) is 17.9. The number of nitrogens with zero attached hydrogens (tertiary/aromatic N) is 6. The number of para-hydroxylation sites is 1. The third-order valence-electron chi connectivity index (χ3n) is 17.7. The number of carbonyl (C=O) groups excluding carboxylic acids is 7. The van der Waals surface area contributed by atoms with Crippen molar-refractivity contribution < 1.29 is 43.5 Å². The van der Waals surface area contributed by atoms with Crippen LogP contribution in [0, 0.1) is 25.7 Å². The number of nitrogens with one attached hydrogen (secondary N) is 6. The minimum atomic E-state index is -0.994. The van der Waals surface area contributed by atoms with Gasteiger partial charge in [0.1, 0.15) is 33.9 Å². The molecule has 7 N–H and O–H groups in total. The summed E-state index contributed by atoms with van der Waals surface area (Å²) in [4.78, 5) is 114. The van der Waals surface area contributed by atoms with Crippen LogP contribution in [-0.4, -0.2) is 94.6 Å². The van der Waals surface area contributed by atoms with E-state index in [1.165, 1.54) is 46.4 Å². The molecule has 2 fully saturated rings. The van der Waals surface area contributed by atoms with Crippen molar-refractivity contribution in [3.63, 3.8) is 0 Å². The van der Waals surface area contributed by atoms with E-state index < -0.39 is 41.4 Å². The Morgan fingerprint density at radius 1 is 0.517 bits per heavy atom. The maximum absolute atomic E-state index is 13.9. The number of carboxylic acids is 1. The molecule has 8 aromatic rings. The van der Waals surface area contributed by atoms with Crippen LogP contribution >= 0.6 is 11.6 Å². The Balaban J connectivity index is 0.000000184. The number of benzene rings is 4. The van der Waals surface area contributed by atoms with Crippen molar-refractivity contribution >= 4 is 81.5 Å². The summed E-state index contributed by atoms with van der Waals surface area (Å²) in [5.41, 5.74) is 8.04. The van der Waals surface area contributed by atoms with Gasteiger partial charge in [-0.25, -0.2) is 23.8 Å². The molecule has 0 unspecified atom stereocenters. The lowest BCUT2D eigenvalue weighted by atomic mass is 9.96. The number of fused-ring (bicyclic) bond motifs is 4. The molecule has 4 aliphatic rings. The minimum Gasteiger partial charge on any atom is -0.478 e. The summed E-state index contributed by atoms with van der Waals surface area (Å²) in [6.45, 7) is 6.31. The van der Waals surface area contributed by atoms with Gasteiger partial charge in [0.25, 0.3) is 35.4 Å². The van der Waals surface area contributed by atoms with E-state index in [4.69, 9.17) is 11.6 Å². The maximum Gasteiger partial charge on any atom is 0.335 e. The summed E-state index contributed by atoms with van der Waals surface area (Å²) in [5, 5.41) is 36.4. The Kier molecular flexibility index (Phi) is 18.4. The van der Waals surface area contributed by atoms with Crippen LogP contribution in [0.2, 0.25) is 5.02 Å². The van der Waals surface area contributed by atoms with Crippen molar-refractivity contribution in [2.45, 2.75) is 123 Å². The lowest BCUT2D eigenvalue weighted by Crippen LogP contribution is -2.32. The van der Waals surface area contributed by atoms with Gasteiger partial charge in [0.15, 0.2) is 17.1 Å². The van der Waals surface area contributed by atoms with E-state index in [1.54, 1.807) is 62.4 Å². The van der Waals surface area contributed by atoms with E-state index in [1.807, 2.05) is 37.3 Å². The Hall–Kier alpha value is -9.63. The first kappa shape index (κ1) is 61.0. The van der Waals surface area contributed by atoms with Crippen molar-refractivity contribution in [1.82, 2.24) is 50.5 Å². The van der Waals surface area contributed by atoms with Crippen molar-refractivity contribution in [1.29, 1.82) is 0 Å². The topological polar surface area (TPSA) is 289 Å². The smallest absolute Gasteiger partial charge is 0.335 e. The molecule has 0 bridgehead atoms. The highest BCUT2D eigenvalue weighted by Crippen LogP contribution is 2.37. The fourth-order valence-electron chi connectivity index (χ4n) is 12.8. The van der Waals surface area contributed by atoms with E-state index in [0.717, 1.165) is 85.6 Å². The SMILES string of the molecule is CC(=O)c1ccc2c(c1C)CC[C@@H]2NC(=O)c1cc(C(=O)NCC2CCCC2)nc2c(C(=O)Nc3ccccc3)cnn12.Cc1c(C(=O)O)ccc2c1CC[C@@H]2NC(=O)c1cc(C(=O)NCC2CCCCCC2)nc2c(C(=O)Nc3ccc(Cl)cc3)cnn12. The molecule has 0 aliphatic heterocycles. The Labute approximate surface area is 518 Å². The van der Waals surface area contributed by atoms with Gasteiger partial charge >= 0.3 is 5.97 Å². The van der Waals surface area contributed by atoms with E-state index in [2.05, 4.69) is 52.1 Å². The average Bonchev–Trinajstić information content (AvgIpc) is 1.91. The quantitative estimate of drug-likeness (QED) is 0.0350. The van der Waals surface area contributed by atoms with Gasteiger partial charge in [-0.05, 0) is 160 Å².